The van der Waals surface area contributed by atoms with Crippen molar-refractivity contribution in [1.82, 2.24) is 4.90 Å². The predicted octanol–water partition coefficient (Wildman–Crippen LogP) is 8.01. The van der Waals surface area contributed by atoms with E-state index in [0.29, 0.717) is 43.9 Å². The zero-order valence-corrected chi connectivity index (χ0v) is 26.4. The van der Waals surface area contributed by atoms with E-state index in [2.05, 4.69) is 43.8 Å². The lowest BCUT2D eigenvalue weighted by Crippen LogP contribution is -2.36. The Bertz CT molecular complexity index is 1490. The number of imide groups is 1. The van der Waals surface area contributed by atoms with Crippen LogP contribution >= 0.6 is 73.5 Å². The van der Waals surface area contributed by atoms with Crippen LogP contribution in [0.3, 0.4) is 0 Å². The number of rotatable bonds is 9. The third-order valence-electron chi connectivity index (χ3n) is 5.34. The van der Waals surface area contributed by atoms with Gasteiger partial charge in [-0.3, -0.25) is 19.3 Å². The van der Waals surface area contributed by atoms with Crippen LogP contribution in [0.25, 0.3) is 6.08 Å². The third-order valence-corrected chi connectivity index (χ3v) is 8.65. The second-order valence-corrected chi connectivity index (χ2v) is 11.9. The number of carbonyl (C=O) groups is 3. The Morgan fingerprint density at radius 2 is 1.87 bits per heavy atom. The van der Waals surface area contributed by atoms with Gasteiger partial charge in [0.15, 0.2) is 11.5 Å². The first-order valence-corrected chi connectivity index (χ1v) is 14.9. The molecule has 0 atom stereocenters. The van der Waals surface area contributed by atoms with Crippen molar-refractivity contribution in [2.24, 2.45) is 0 Å². The average molecular weight is 762 g/mol. The fraction of sp³-hybridized carbons (Fsp3) is 0.148. The van der Waals surface area contributed by atoms with Crippen LogP contribution in [-0.4, -0.2) is 35.1 Å². The molecule has 3 aromatic carbocycles. The van der Waals surface area contributed by atoms with E-state index in [9.17, 15) is 14.4 Å². The summed E-state index contributed by atoms with van der Waals surface area (Å²) in [6.45, 7) is 2.09. The number of ether oxygens (including phenoxy) is 2. The Morgan fingerprint density at radius 1 is 1.10 bits per heavy atom. The van der Waals surface area contributed by atoms with E-state index >= 15 is 0 Å². The molecule has 39 heavy (non-hydrogen) atoms. The monoisotopic (exact) mass is 760 g/mol. The molecule has 0 unspecified atom stereocenters. The Morgan fingerprint density at radius 3 is 2.59 bits per heavy atom. The van der Waals surface area contributed by atoms with Crippen LogP contribution in [0.5, 0.6) is 11.5 Å². The predicted molar refractivity (Wildman–Crippen MR) is 167 cm³/mol. The zero-order valence-electron chi connectivity index (χ0n) is 20.3. The first kappa shape index (κ1) is 29.7. The van der Waals surface area contributed by atoms with E-state index in [0.717, 1.165) is 25.8 Å². The van der Waals surface area contributed by atoms with Crippen molar-refractivity contribution < 1.29 is 23.9 Å². The van der Waals surface area contributed by atoms with E-state index < -0.39 is 23.6 Å². The zero-order chi connectivity index (χ0) is 28.1. The van der Waals surface area contributed by atoms with Crippen LogP contribution in [0.15, 0.2) is 64.0 Å². The van der Waals surface area contributed by atoms with E-state index in [4.69, 9.17) is 32.7 Å². The molecule has 202 valence electrons. The first-order valence-electron chi connectivity index (χ1n) is 11.5. The van der Waals surface area contributed by atoms with Crippen molar-refractivity contribution in [3.8, 4) is 11.5 Å². The lowest BCUT2D eigenvalue weighted by atomic mass is 10.1. The molecule has 0 bridgehead atoms. The van der Waals surface area contributed by atoms with Gasteiger partial charge in [0.2, 0.25) is 5.91 Å². The van der Waals surface area contributed by atoms with E-state index in [1.807, 2.05) is 31.2 Å². The number of nitrogens with zero attached hydrogens (tertiary/aromatic N) is 1. The van der Waals surface area contributed by atoms with Crippen LogP contribution in [-0.2, 0) is 16.2 Å². The maximum atomic E-state index is 13.0. The van der Waals surface area contributed by atoms with Crippen molar-refractivity contribution in [3.63, 3.8) is 0 Å². The topological polar surface area (TPSA) is 84.9 Å². The van der Waals surface area contributed by atoms with Gasteiger partial charge in [-0.2, -0.15) is 0 Å². The van der Waals surface area contributed by atoms with Crippen molar-refractivity contribution in [2.45, 2.75) is 13.5 Å². The largest absolute Gasteiger partial charge is 0.490 e. The number of halogens is 4. The molecule has 1 fully saturated rings. The van der Waals surface area contributed by atoms with Crippen LogP contribution in [0.4, 0.5) is 10.5 Å². The minimum Gasteiger partial charge on any atom is -0.490 e. The molecule has 1 heterocycles. The van der Waals surface area contributed by atoms with Crippen LogP contribution in [0.1, 0.15) is 18.1 Å². The summed E-state index contributed by atoms with van der Waals surface area (Å²) in [7, 11) is 0. The summed E-state index contributed by atoms with van der Waals surface area (Å²) in [6, 6.07) is 15.9. The van der Waals surface area contributed by atoms with E-state index in [1.165, 1.54) is 0 Å². The van der Waals surface area contributed by atoms with Gasteiger partial charge in [-0.05, 0) is 105 Å². The highest BCUT2D eigenvalue weighted by molar-refractivity contribution is 14.1. The molecule has 1 aliphatic heterocycles. The highest BCUT2D eigenvalue weighted by atomic mass is 127. The van der Waals surface area contributed by atoms with Crippen molar-refractivity contribution >= 4 is 102 Å². The summed E-state index contributed by atoms with van der Waals surface area (Å²) in [5, 5.41) is 3.14. The SMILES string of the molecule is CCOc1cc(/C=C2/SC(=O)N(CC(=O)Nc3ccc(Br)c(Cl)c3)C2=O)cc(I)c1OCc1ccccc1Cl. The normalized spacial score (nSPS) is 14.2. The first-order chi connectivity index (χ1) is 18.7. The minimum absolute atomic E-state index is 0.197. The molecule has 12 heteroatoms. The molecular weight excluding hydrogens is 742 g/mol. The summed E-state index contributed by atoms with van der Waals surface area (Å²) in [5.74, 6) is -0.0343. The smallest absolute Gasteiger partial charge is 0.294 e. The maximum Gasteiger partial charge on any atom is 0.294 e. The molecule has 1 N–H and O–H groups in total. The maximum absolute atomic E-state index is 13.0. The third kappa shape index (κ3) is 7.49. The standard InChI is InChI=1S/C27H20BrCl2IN2O5S/c1-2-37-22-10-15(9-21(31)25(22)38-14-16-5-3-4-6-19(16)29)11-23-26(35)33(27(36)39-23)13-24(34)32-17-7-8-18(28)20(30)12-17/h3-12H,2,13-14H2,1H3,(H,32,34)/b23-11+. The molecule has 0 spiro atoms. The van der Waals surface area contributed by atoms with Crippen molar-refractivity contribution in [1.29, 1.82) is 0 Å². The molecule has 3 aromatic rings. The highest BCUT2D eigenvalue weighted by Gasteiger charge is 2.36. The molecule has 0 aliphatic carbocycles. The Hall–Kier alpha value is -2.25. The molecule has 3 amide bonds. The number of hydrogen-bond donors (Lipinski definition) is 1. The number of carbonyl (C=O) groups excluding carboxylic acids is 3. The number of anilines is 1. The van der Waals surface area contributed by atoms with Gasteiger partial charge in [0.1, 0.15) is 13.2 Å². The van der Waals surface area contributed by atoms with Gasteiger partial charge in [0.05, 0.1) is 20.1 Å². The Kier molecular flexibility index (Phi) is 10.2. The summed E-state index contributed by atoms with van der Waals surface area (Å²) in [5.41, 5.74) is 1.93. The number of nitrogens with one attached hydrogen (secondary N) is 1. The van der Waals surface area contributed by atoms with Crippen LogP contribution in [0, 0.1) is 3.57 Å². The van der Waals surface area contributed by atoms with Crippen LogP contribution < -0.4 is 14.8 Å². The van der Waals surface area contributed by atoms with Gasteiger partial charge in [0, 0.05) is 20.7 Å². The summed E-state index contributed by atoms with van der Waals surface area (Å²) >= 11 is 18.5. The quantitative estimate of drug-likeness (QED) is 0.176. The number of hydrogen-bond acceptors (Lipinski definition) is 6. The number of benzene rings is 3. The average Bonchev–Trinajstić information content (AvgIpc) is 3.14. The second-order valence-electron chi connectivity index (χ2n) is 8.09. The Labute approximate surface area is 261 Å². The van der Waals surface area contributed by atoms with E-state index in [-0.39, 0.29) is 11.5 Å². The molecule has 1 saturated heterocycles. The fourth-order valence-electron chi connectivity index (χ4n) is 3.55. The lowest BCUT2D eigenvalue weighted by Gasteiger charge is -2.15. The minimum atomic E-state index is -0.555. The molecule has 0 radical (unpaired) electrons. The van der Waals surface area contributed by atoms with E-state index in [1.54, 1.807) is 36.4 Å². The van der Waals surface area contributed by atoms with Gasteiger partial charge in [-0.15, -0.1) is 0 Å². The number of amides is 3. The van der Waals surface area contributed by atoms with Crippen LogP contribution in [0.2, 0.25) is 10.0 Å². The lowest BCUT2D eigenvalue weighted by molar-refractivity contribution is -0.127. The molecule has 4 rings (SSSR count). The molecule has 1 aliphatic rings. The number of thioether (sulfide) groups is 1. The van der Waals surface area contributed by atoms with Gasteiger partial charge in [-0.1, -0.05) is 41.4 Å². The molecular formula is C27H20BrCl2IN2O5S. The molecule has 0 aromatic heterocycles. The van der Waals surface area contributed by atoms with Gasteiger partial charge >= 0.3 is 0 Å². The summed E-state index contributed by atoms with van der Waals surface area (Å²) < 4.78 is 13.3. The summed E-state index contributed by atoms with van der Waals surface area (Å²) in [4.78, 5) is 39.2. The van der Waals surface area contributed by atoms with Gasteiger partial charge in [-0.25, -0.2) is 0 Å². The molecule has 7 nitrogen and oxygen atoms in total. The van der Waals surface area contributed by atoms with Crippen molar-refractivity contribution in [2.75, 3.05) is 18.5 Å². The molecule has 0 saturated carbocycles. The summed E-state index contributed by atoms with van der Waals surface area (Å²) in [6.07, 6.45) is 1.60. The van der Waals surface area contributed by atoms with Gasteiger partial charge < -0.3 is 14.8 Å². The van der Waals surface area contributed by atoms with Gasteiger partial charge in [0.25, 0.3) is 11.1 Å². The Balaban J connectivity index is 1.49. The second kappa shape index (κ2) is 13.4. The van der Waals surface area contributed by atoms with Crippen molar-refractivity contribution in [3.05, 3.63) is 88.7 Å². The highest BCUT2D eigenvalue weighted by Crippen LogP contribution is 2.38. The fourth-order valence-corrected chi connectivity index (χ4v) is 5.78.